The molecule has 0 saturated carbocycles. The van der Waals surface area contributed by atoms with Crippen LogP contribution in [0.3, 0.4) is 0 Å². The summed E-state index contributed by atoms with van der Waals surface area (Å²) in [5, 5.41) is 14.5. The van der Waals surface area contributed by atoms with Gasteiger partial charge in [-0.3, -0.25) is 14.9 Å². The van der Waals surface area contributed by atoms with Gasteiger partial charge in [-0.1, -0.05) is 0 Å². The van der Waals surface area contributed by atoms with Gasteiger partial charge in [0, 0.05) is 43.2 Å². The second-order valence-electron chi connectivity index (χ2n) is 7.05. The predicted octanol–water partition coefficient (Wildman–Crippen LogP) is 3.40. The van der Waals surface area contributed by atoms with E-state index in [1.54, 1.807) is 19.2 Å². The molecule has 10 nitrogen and oxygen atoms in total. The zero-order chi connectivity index (χ0) is 22.1. The molecule has 3 heterocycles. The summed E-state index contributed by atoms with van der Waals surface area (Å²) in [6.07, 6.45) is 5.66. The minimum absolute atomic E-state index is 0.0136. The number of ether oxygens (including phenoxy) is 1. The number of rotatable bonds is 7. The Labute approximate surface area is 176 Å². The van der Waals surface area contributed by atoms with Crippen molar-refractivity contribution in [2.75, 3.05) is 30.4 Å². The number of nitro benzene ring substituents is 1. The largest absolute Gasteiger partial charge is 0.494 e. The second kappa shape index (κ2) is 8.01. The van der Waals surface area contributed by atoms with E-state index in [9.17, 15) is 19.3 Å². The van der Waals surface area contributed by atoms with Crippen LogP contribution in [-0.2, 0) is 0 Å². The summed E-state index contributed by atoms with van der Waals surface area (Å²) in [6.45, 7) is 3.20. The van der Waals surface area contributed by atoms with E-state index in [-0.39, 0.29) is 23.1 Å². The molecule has 0 aliphatic carbocycles. The molecular formula is C20H19FN6O4. The van der Waals surface area contributed by atoms with E-state index < -0.39 is 10.7 Å². The highest BCUT2D eigenvalue weighted by Crippen LogP contribution is 2.40. The molecule has 1 saturated heterocycles. The number of carbonyl (C=O) groups excluding carboxylic acids is 1. The molecule has 1 N–H and O–H groups in total. The van der Waals surface area contributed by atoms with Gasteiger partial charge in [0.2, 0.25) is 5.95 Å². The highest BCUT2D eigenvalue weighted by atomic mass is 19.1. The molecule has 0 atom stereocenters. The third kappa shape index (κ3) is 3.77. The minimum atomic E-state index is -0.691. The number of carbonyl (C=O) groups is 1. The van der Waals surface area contributed by atoms with Crippen LogP contribution in [0.1, 0.15) is 22.3 Å². The number of benzene rings is 1. The van der Waals surface area contributed by atoms with Gasteiger partial charge in [-0.25, -0.2) is 9.37 Å². The Morgan fingerprint density at radius 2 is 2.10 bits per heavy atom. The molecular weight excluding hydrogens is 407 g/mol. The third-order valence-electron chi connectivity index (χ3n) is 5.10. The van der Waals surface area contributed by atoms with Crippen LogP contribution < -0.4 is 15.0 Å². The summed E-state index contributed by atoms with van der Waals surface area (Å²) < 4.78 is 21.1. The zero-order valence-corrected chi connectivity index (χ0v) is 16.8. The lowest BCUT2D eigenvalue weighted by Crippen LogP contribution is -2.37. The number of nitrogens with one attached hydrogen (secondary N) is 1. The van der Waals surface area contributed by atoms with Gasteiger partial charge < -0.3 is 19.5 Å². The molecule has 1 aromatic carbocycles. The average Bonchev–Trinajstić information content (AvgIpc) is 3.09. The quantitative estimate of drug-likeness (QED) is 0.347. The van der Waals surface area contributed by atoms with Crippen molar-refractivity contribution < 1.29 is 18.8 Å². The van der Waals surface area contributed by atoms with Gasteiger partial charge in [0.05, 0.1) is 23.9 Å². The van der Waals surface area contributed by atoms with Crippen LogP contribution in [0, 0.1) is 22.9 Å². The number of aldehydes is 1. The number of methoxy groups -OCH3 is 1. The first-order valence-corrected chi connectivity index (χ1v) is 9.46. The van der Waals surface area contributed by atoms with Gasteiger partial charge in [0.1, 0.15) is 11.4 Å². The smallest absolute Gasteiger partial charge is 0.294 e. The molecule has 4 rings (SSSR count). The van der Waals surface area contributed by atoms with Crippen molar-refractivity contribution in [1.29, 1.82) is 0 Å². The van der Waals surface area contributed by atoms with E-state index >= 15 is 0 Å². The zero-order valence-electron chi connectivity index (χ0n) is 16.8. The molecule has 0 radical (unpaired) electrons. The molecule has 0 unspecified atom stereocenters. The number of hydrogen-bond acceptors (Lipinski definition) is 8. The van der Waals surface area contributed by atoms with Crippen LogP contribution >= 0.6 is 0 Å². The molecule has 11 heteroatoms. The summed E-state index contributed by atoms with van der Waals surface area (Å²) in [4.78, 5) is 32.3. The van der Waals surface area contributed by atoms with Crippen LogP contribution in [-0.4, -0.2) is 45.9 Å². The lowest BCUT2D eigenvalue weighted by molar-refractivity contribution is -0.384. The van der Waals surface area contributed by atoms with Gasteiger partial charge in [0.25, 0.3) is 5.69 Å². The second-order valence-corrected chi connectivity index (χ2v) is 7.05. The Morgan fingerprint density at radius 3 is 2.68 bits per heavy atom. The van der Waals surface area contributed by atoms with E-state index in [4.69, 9.17) is 4.74 Å². The molecule has 160 valence electrons. The van der Waals surface area contributed by atoms with Gasteiger partial charge in [-0.05, 0) is 18.9 Å². The van der Waals surface area contributed by atoms with Crippen LogP contribution in [0.5, 0.6) is 5.75 Å². The van der Waals surface area contributed by atoms with E-state index in [2.05, 4.69) is 15.3 Å². The highest BCUT2D eigenvalue weighted by Gasteiger charge is 2.27. The van der Waals surface area contributed by atoms with Crippen molar-refractivity contribution in [3.05, 3.63) is 57.8 Å². The molecule has 1 aliphatic heterocycles. The molecule has 2 aromatic heterocycles. The number of hydrogen-bond donors (Lipinski definition) is 1. The normalized spacial score (nSPS) is 12.9. The Hall–Kier alpha value is -4.02. The van der Waals surface area contributed by atoms with Crippen LogP contribution in [0.4, 0.5) is 27.4 Å². The van der Waals surface area contributed by atoms with Crippen molar-refractivity contribution >= 4 is 29.3 Å². The Kier molecular flexibility index (Phi) is 5.24. The minimum Gasteiger partial charge on any atom is -0.494 e. The number of aryl methyl sites for hydroxylation is 1. The third-order valence-corrected chi connectivity index (χ3v) is 5.10. The average molecular weight is 426 g/mol. The highest BCUT2D eigenvalue weighted by molar-refractivity contribution is 5.78. The lowest BCUT2D eigenvalue weighted by atomic mass is 10.1. The number of nitro groups is 1. The van der Waals surface area contributed by atoms with E-state index in [1.165, 1.54) is 23.9 Å². The van der Waals surface area contributed by atoms with Gasteiger partial charge in [0.15, 0.2) is 17.9 Å². The Bertz CT molecular complexity index is 1170. The first kappa shape index (κ1) is 20.3. The molecule has 1 aliphatic rings. The summed E-state index contributed by atoms with van der Waals surface area (Å²) in [6, 6.07) is 2.94. The monoisotopic (exact) mass is 426 g/mol. The van der Waals surface area contributed by atoms with Crippen LogP contribution in [0.15, 0.2) is 30.7 Å². The van der Waals surface area contributed by atoms with E-state index in [0.29, 0.717) is 28.8 Å². The summed E-state index contributed by atoms with van der Waals surface area (Å²) in [5.74, 6) is -0.384. The number of nitrogens with zero attached hydrogens (tertiary/aromatic N) is 5. The molecule has 1 fully saturated rings. The van der Waals surface area contributed by atoms with Crippen LogP contribution in [0.2, 0.25) is 0 Å². The maximum absolute atomic E-state index is 14.4. The molecule has 0 amide bonds. The van der Waals surface area contributed by atoms with E-state index in [0.717, 1.165) is 25.7 Å². The molecule has 31 heavy (non-hydrogen) atoms. The van der Waals surface area contributed by atoms with Gasteiger partial charge >= 0.3 is 0 Å². The lowest BCUT2D eigenvalue weighted by Gasteiger charge is -2.33. The molecule has 0 bridgehead atoms. The first-order valence-electron chi connectivity index (χ1n) is 9.46. The van der Waals surface area contributed by atoms with Crippen molar-refractivity contribution in [2.45, 2.75) is 13.3 Å². The summed E-state index contributed by atoms with van der Waals surface area (Å²) in [7, 11) is 1.45. The predicted molar refractivity (Wildman–Crippen MR) is 111 cm³/mol. The summed E-state index contributed by atoms with van der Waals surface area (Å²) >= 11 is 0. The topological polar surface area (TPSA) is 115 Å². The maximum Gasteiger partial charge on any atom is 0.294 e. The van der Waals surface area contributed by atoms with Crippen molar-refractivity contribution in [1.82, 2.24) is 14.5 Å². The summed E-state index contributed by atoms with van der Waals surface area (Å²) in [5.41, 5.74) is 1.74. The fourth-order valence-corrected chi connectivity index (χ4v) is 3.32. The van der Waals surface area contributed by atoms with Gasteiger partial charge in [-0.2, -0.15) is 4.98 Å². The fourth-order valence-electron chi connectivity index (χ4n) is 3.32. The first-order chi connectivity index (χ1) is 14.9. The number of aromatic nitrogens is 3. The standard InChI is InChI=1S/C20H19FN6O4/c1-12-9-26(10-13(12)11-28)19-14(21)8-22-20(24-19)23-15-6-17(27(29)30)16(7-18(15)31-2)25-4-3-5-25/h6-11H,3-5H2,1-2H3,(H,22,23,24). The number of anilines is 3. The van der Waals surface area contributed by atoms with Crippen molar-refractivity contribution in [2.24, 2.45) is 0 Å². The molecule has 0 spiro atoms. The number of halogens is 1. The Morgan fingerprint density at radius 1 is 1.32 bits per heavy atom. The fraction of sp³-hybridized carbons (Fsp3) is 0.250. The molecule has 3 aromatic rings. The van der Waals surface area contributed by atoms with E-state index in [1.807, 2.05) is 4.90 Å². The van der Waals surface area contributed by atoms with Crippen molar-refractivity contribution in [3.8, 4) is 11.6 Å². The Balaban J connectivity index is 1.72. The SMILES string of the molecule is COc1cc(N2CCC2)c([N+](=O)[O-])cc1Nc1ncc(F)c(-n2cc(C)c(C=O)c2)n1. The van der Waals surface area contributed by atoms with Crippen LogP contribution in [0.25, 0.3) is 5.82 Å². The maximum atomic E-state index is 14.4. The van der Waals surface area contributed by atoms with Crippen molar-refractivity contribution in [3.63, 3.8) is 0 Å². The van der Waals surface area contributed by atoms with Gasteiger partial charge in [-0.15, -0.1) is 0 Å².